The van der Waals surface area contributed by atoms with E-state index in [2.05, 4.69) is 22.6 Å². The molecule has 0 saturated carbocycles. The van der Waals surface area contributed by atoms with Crippen LogP contribution in [0.15, 0.2) is 12.1 Å². The molecule has 3 rings (SSSR count). The second kappa shape index (κ2) is 3.35. The van der Waals surface area contributed by atoms with E-state index >= 15 is 0 Å². The molecule has 15 heavy (non-hydrogen) atoms. The molecule has 0 amide bonds. The second-order valence-electron chi connectivity index (χ2n) is 4.50. The fraction of sp³-hybridized carbons (Fsp3) is 0.500. The number of hydrogen-bond donors (Lipinski definition) is 1. The van der Waals surface area contributed by atoms with E-state index < -0.39 is 0 Å². The van der Waals surface area contributed by atoms with Crippen LogP contribution >= 0.6 is 22.6 Å². The van der Waals surface area contributed by atoms with Gasteiger partial charge in [-0.05, 0) is 65.1 Å². The molecule has 80 valence electrons. The Bertz CT molecular complexity index is 408. The number of phenolic OH excluding ortho intramolecular Hbond substituents is 1. The molecule has 1 saturated heterocycles. The third kappa shape index (κ3) is 1.32. The van der Waals surface area contributed by atoms with Gasteiger partial charge < -0.3 is 9.84 Å². The molecule has 1 atom stereocenters. The maximum atomic E-state index is 9.86. The first-order chi connectivity index (χ1) is 7.23. The minimum atomic E-state index is 0.213. The first kappa shape index (κ1) is 9.90. The minimum Gasteiger partial charge on any atom is -0.508 e. The second-order valence-corrected chi connectivity index (χ2v) is 5.67. The van der Waals surface area contributed by atoms with E-state index in [1.807, 2.05) is 12.1 Å². The molecule has 0 radical (unpaired) electrons. The lowest BCUT2D eigenvalue weighted by Crippen LogP contribution is -2.23. The van der Waals surface area contributed by atoms with E-state index in [4.69, 9.17) is 4.74 Å². The van der Waals surface area contributed by atoms with E-state index in [-0.39, 0.29) is 5.41 Å². The van der Waals surface area contributed by atoms with Gasteiger partial charge in [-0.3, -0.25) is 0 Å². The average Bonchev–Trinajstić information content (AvgIpc) is 2.83. The molecule has 0 bridgehead atoms. The van der Waals surface area contributed by atoms with Crippen molar-refractivity contribution in [2.75, 3.05) is 13.2 Å². The number of benzene rings is 1. The van der Waals surface area contributed by atoms with E-state index in [1.54, 1.807) is 0 Å². The number of aromatic hydroxyl groups is 1. The number of ether oxygens (including phenoxy) is 1. The summed E-state index contributed by atoms with van der Waals surface area (Å²) >= 11 is 2.38. The van der Waals surface area contributed by atoms with E-state index in [1.165, 1.54) is 9.13 Å². The molecule has 1 N–H and O–H groups in total. The third-order valence-corrected chi connectivity index (χ3v) is 4.62. The van der Waals surface area contributed by atoms with Gasteiger partial charge in [-0.25, -0.2) is 0 Å². The van der Waals surface area contributed by atoms with Crippen LogP contribution < -0.4 is 0 Å². The van der Waals surface area contributed by atoms with Crippen molar-refractivity contribution in [1.82, 2.24) is 0 Å². The Balaban J connectivity index is 2.20. The van der Waals surface area contributed by atoms with Crippen molar-refractivity contribution in [3.63, 3.8) is 0 Å². The largest absolute Gasteiger partial charge is 0.508 e. The van der Waals surface area contributed by atoms with Gasteiger partial charge >= 0.3 is 0 Å². The summed E-state index contributed by atoms with van der Waals surface area (Å²) in [6.45, 7) is 1.70. The summed E-state index contributed by atoms with van der Waals surface area (Å²) in [5.74, 6) is 0.467. The van der Waals surface area contributed by atoms with Crippen LogP contribution in [0.3, 0.4) is 0 Å². The lowest BCUT2D eigenvalue weighted by atomic mass is 9.81. The lowest BCUT2D eigenvalue weighted by Gasteiger charge is -2.23. The molecule has 1 unspecified atom stereocenters. The molecule has 3 heteroatoms. The summed E-state index contributed by atoms with van der Waals surface area (Å²) in [4.78, 5) is 0. The zero-order chi connectivity index (χ0) is 10.5. The van der Waals surface area contributed by atoms with Crippen molar-refractivity contribution in [3.8, 4) is 5.75 Å². The predicted octanol–water partition coefficient (Wildman–Crippen LogP) is 2.60. The normalized spacial score (nSPS) is 28.6. The maximum Gasteiger partial charge on any atom is 0.119 e. The van der Waals surface area contributed by atoms with Crippen LogP contribution in [0.4, 0.5) is 0 Å². The van der Waals surface area contributed by atoms with E-state index in [0.717, 1.165) is 38.0 Å². The molecule has 0 aromatic heterocycles. The van der Waals surface area contributed by atoms with Crippen LogP contribution in [0.2, 0.25) is 0 Å². The van der Waals surface area contributed by atoms with Gasteiger partial charge in [0.2, 0.25) is 0 Å². The molecule has 2 aliphatic rings. The lowest BCUT2D eigenvalue weighted by molar-refractivity contribution is 0.177. The maximum absolute atomic E-state index is 9.86. The highest BCUT2D eigenvalue weighted by atomic mass is 127. The number of rotatable bonds is 0. The summed E-state index contributed by atoms with van der Waals surface area (Å²) in [5.41, 5.74) is 2.73. The van der Waals surface area contributed by atoms with Gasteiger partial charge in [0.15, 0.2) is 0 Å². The first-order valence-electron chi connectivity index (χ1n) is 5.31. The Labute approximate surface area is 103 Å². The standard InChI is InChI=1S/C12H13IO2/c13-9-1-2-10(14)8-3-4-12(11(8)9)5-6-15-7-12/h1-2,14H,3-7H2. The topological polar surface area (TPSA) is 29.5 Å². The third-order valence-electron chi connectivity index (χ3n) is 3.72. The van der Waals surface area contributed by atoms with Crippen LogP contribution in [0, 0.1) is 3.57 Å². The molecular formula is C12H13IO2. The molecule has 1 aliphatic carbocycles. The highest BCUT2D eigenvalue weighted by molar-refractivity contribution is 14.1. The van der Waals surface area contributed by atoms with Crippen molar-refractivity contribution in [3.05, 3.63) is 26.8 Å². The Morgan fingerprint density at radius 3 is 2.93 bits per heavy atom. The van der Waals surface area contributed by atoms with Gasteiger partial charge in [0.1, 0.15) is 5.75 Å². The van der Waals surface area contributed by atoms with E-state index in [0.29, 0.717) is 5.75 Å². The fourth-order valence-electron chi connectivity index (χ4n) is 2.93. The van der Waals surface area contributed by atoms with Crippen molar-refractivity contribution < 1.29 is 9.84 Å². The monoisotopic (exact) mass is 316 g/mol. The summed E-state index contributed by atoms with van der Waals surface area (Å²) < 4.78 is 6.83. The van der Waals surface area contributed by atoms with Crippen molar-refractivity contribution in [1.29, 1.82) is 0 Å². The van der Waals surface area contributed by atoms with E-state index in [9.17, 15) is 5.11 Å². The number of hydrogen-bond acceptors (Lipinski definition) is 2. The summed E-state index contributed by atoms with van der Waals surface area (Å²) in [7, 11) is 0. The fourth-order valence-corrected chi connectivity index (χ4v) is 4.00. The molecule has 1 spiro atoms. The van der Waals surface area contributed by atoms with Crippen LogP contribution in [0.1, 0.15) is 24.0 Å². The SMILES string of the molecule is Oc1ccc(I)c2c1CCC21CCOC1. The molecule has 2 nitrogen and oxygen atoms in total. The van der Waals surface area contributed by atoms with Gasteiger partial charge in [-0.2, -0.15) is 0 Å². The van der Waals surface area contributed by atoms with Gasteiger partial charge in [0.25, 0.3) is 0 Å². The zero-order valence-corrected chi connectivity index (χ0v) is 10.6. The van der Waals surface area contributed by atoms with Crippen molar-refractivity contribution in [2.24, 2.45) is 0 Å². The number of halogens is 1. The van der Waals surface area contributed by atoms with Gasteiger partial charge in [-0.1, -0.05) is 0 Å². The highest BCUT2D eigenvalue weighted by Gasteiger charge is 2.44. The molecule has 1 aromatic carbocycles. The molecular weight excluding hydrogens is 303 g/mol. The first-order valence-corrected chi connectivity index (χ1v) is 6.39. The zero-order valence-electron chi connectivity index (χ0n) is 8.42. The summed E-state index contributed by atoms with van der Waals surface area (Å²) in [5, 5.41) is 9.86. The summed E-state index contributed by atoms with van der Waals surface area (Å²) in [6.07, 6.45) is 3.25. The molecule has 1 heterocycles. The summed E-state index contributed by atoms with van der Waals surface area (Å²) in [6, 6.07) is 3.83. The van der Waals surface area contributed by atoms with Crippen LogP contribution in [0.25, 0.3) is 0 Å². The smallest absolute Gasteiger partial charge is 0.119 e. The van der Waals surface area contributed by atoms with Gasteiger partial charge in [0, 0.05) is 15.6 Å². The Morgan fingerprint density at radius 2 is 2.20 bits per heavy atom. The van der Waals surface area contributed by atoms with Crippen LogP contribution in [-0.2, 0) is 16.6 Å². The quantitative estimate of drug-likeness (QED) is 0.746. The minimum absolute atomic E-state index is 0.213. The number of fused-ring (bicyclic) bond motifs is 2. The van der Waals surface area contributed by atoms with Crippen LogP contribution in [-0.4, -0.2) is 18.3 Å². The molecule has 1 aliphatic heterocycles. The van der Waals surface area contributed by atoms with Gasteiger partial charge in [-0.15, -0.1) is 0 Å². The predicted molar refractivity (Wildman–Crippen MR) is 66.3 cm³/mol. The molecule has 1 aromatic rings. The molecule has 1 fully saturated rings. The average molecular weight is 316 g/mol. The Hall–Kier alpha value is -0.290. The Kier molecular flexibility index (Phi) is 2.21. The number of phenols is 1. The van der Waals surface area contributed by atoms with Crippen LogP contribution in [0.5, 0.6) is 5.75 Å². The van der Waals surface area contributed by atoms with Crippen molar-refractivity contribution in [2.45, 2.75) is 24.7 Å². The van der Waals surface area contributed by atoms with Gasteiger partial charge in [0.05, 0.1) is 6.61 Å². The highest BCUT2D eigenvalue weighted by Crippen LogP contribution is 2.48. The Morgan fingerprint density at radius 1 is 1.33 bits per heavy atom. The van der Waals surface area contributed by atoms with Crippen molar-refractivity contribution >= 4 is 22.6 Å².